The van der Waals surface area contributed by atoms with Gasteiger partial charge in [-0.05, 0) is 37.4 Å². The summed E-state index contributed by atoms with van der Waals surface area (Å²) in [5.41, 5.74) is 3.53. The van der Waals surface area contributed by atoms with Crippen LogP contribution in [0.1, 0.15) is 34.5 Å². The molecule has 0 spiro atoms. The molecule has 2 heterocycles. The van der Waals surface area contributed by atoms with E-state index in [0.29, 0.717) is 36.8 Å². The number of rotatable bonds is 6. The zero-order valence-electron chi connectivity index (χ0n) is 17.9. The van der Waals surface area contributed by atoms with E-state index in [1.165, 1.54) is 7.11 Å². The van der Waals surface area contributed by atoms with E-state index >= 15 is 0 Å². The second kappa shape index (κ2) is 9.09. The van der Waals surface area contributed by atoms with Gasteiger partial charge in [-0.15, -0.1) is 0 Å². The maximum atomic E-state index is 13.3. The van der Waals surface area contributed by atoms with Crippen molar-refractivity contribution >= 4 is 11.6 Å². The number of carbonyl (C=O) groups excluding carboxylic acids is 1. The minimum absolute atomic E-state index is 0.107. The molecule has 1 aliphatic rings. The number of amides is 1. The van der Waals surface area contributed by atoms with E-state index in [1.807, 2.05) is 73.6 Å². The van der Waals surface area contributed by atoms with Crippen LogP contribution in [-0.4, -0.2) is 59.3 Å². The highest BCUT2D eigenvalue weighted by Gasteiger charge is 2.37. The molecule has 4 rings (SSSR count). The molecule has 1 fully saturated rings. The van der Waals surface area contributed by atoms with Crippen LogP contribution in [0.5, 0.6) is 0 Å². The molecule has 0 N–H and O–H groups in total. The minimum atomic E-state index is -0.352. The number of nitrogens with zero attached hydrogens (tertiary/aromatic N) is 5. The molecular formula is C23H25N5O3. The molecule has 0 aliphatic carbocycles. The maximum absolute atomic E-state index is 13.3. The lowest BCUT2D eigenvalue weighted by molar-refractivity contribution is 0.0732. The number of aromatic nitrogens is 2. The summed E-state index contributed by atoms with van der Waals surface area (Å²) in [4.78, 5) is 26.5. The van der Waals surface area contributed by atoms with Crippen LogP contribution in [0.15, 0.2) is 64.3 Å². The van der Waals surface area contributed by atoms with Gasteiger partial charge < -0.3 is 19.2 Å². The van der Waals surface area contributed by atoms with E-state index in [-0.39, 0.29) is 11.9 Å². The van der Waals surface area contributed by atoms with Gasteiger partial charge in [-0.2, -0.15) is 4.98 Å². The Bertz CT molecular complexity index is 1060. The fourth-order valence-electron chi connectivity index (χ4n) is 3.68. The van der Waals surface area contributed by atoms with Crippen molar-refractivity contribution in [1.29, 1.82) is 0 Å². The van der Waals surface area contributed by atoms with E-state index in [0.717, 1.165) is 16.8 Å². The van der Waals surface area contributed by atoms with Crippen molar-refractivity contribution in [2.24, 2.45) is 5.16 Å². The van der Waals surface area contributed by atoms with Gasteiger partial charge >= 0.3 is 0 Å². The SMILES string of the molecule is CO/N=C1/CC(c2noc(CN(C)C)n2)N(C(=O)c2ccc(-c3ccccc3)cc2)C1. The Morgan fingerprint density at radius 3 is 2.55 bits per heavy atom. The van der Waals surface area contributed by atoms with Crippen molar-refractivity contribution in [3.8, 4) is 11.1 Å². The minimum Gasteiger partial charge on any atom is -0.399 e. The highest BCUT2D eigenvalue weighted by atomic mass is 16.6. The van der Waals surface area contributed by atoms with Gasteiger partial charge in [0.15, 0.2) is 5.82 Å². The van der Waals surface area contributed by atoms with Gasteiger partial charge in [-0.3, -0.25) is 4.79 Å². The number of hydrogen-bond donors (Lipinski definition) is 0. The van der Waals surface area contributed by atoms with Crippen molar-refractivity contribution < 1.29 is 14.2 Å². The monoisotopic (exact) mass is 419 g/mol. The first-order valence-electron chi connectivity index (χ1n) is 10.1. The molecule has 0 saturated carbocycles. The normalized spacial score (nSPS) is 17.5. The van der Waals surface area contributed by atoms with E-state index < -0.39 is 0 Å². The van der Waals surface area contributed by atoms with Crippen molar-refractivity contribution in [2.45, 2.75) is 19.0 Å². The number of oxime groups is 1. The fourth-order valence-corrected chi connectivity index (χ4v) is 3.68. The summed E-state index contributed by atoms with van der Waals surface area (Å²) < 4.78 is 5.37. The smallest absolute Gasteiger partial charge is 0.254 e. The lowest BCUT2D eigenvalue weighted by atomic mass is 10.0. The predicted octanol–water partition coefficient (Wildman–Crippen LogP) is 3.39. The summed E-state index contributed by atoms with van der Waals surface area (Å²) in [6, 6.07) is 17.3. The third-order valence-electron chi connectivity index (χ3n) is 5.11. The molecule has 2 aromatic carbocycles. The molecule has 1 atom stereocenters. The lowest BCUT2D eigenvalue weighted by Gasteiger charge is -2.21. The first-order chi connectivity index (χ1) is 15.0. The molecule has 160 valence electrons. The van der Waals surface area contributed by atoms with Gasteiger partial charge in [-0.1, -0.05) is 52.8 Å². The molecule has 8 heteroatoms. The fraction of sp³-hybridized carbons (Fsp3) is 0.304. The molecule has 0 radical (unpaired) electrons. The average molecular weight is 419 g/mol. The number of hydrogen-bond acceptors (Lipinski definition) is 7. The lowest BCUT2D eigenvalue weighted by Crippen LogP contribution is -2.31. The maximum Gasteiger partial charge on any atom is 0.254 e. The van der Waals surface area contributed by atoms with E-state index in [1.54, 1.807) is 4.90 Å². The molecule has 1 saturated heterocycles. The van der Waals surface area contributed by atoms with Crippen LogP contribution in [0.25, 0.3) is 11.1 Å². The van der Waals surface area contributed by atoms with Crippen molar-refractivity contribution in [2.75, 3.05) is 27.7 Å². The Kier molecular flexibility index (Phi) is 6.08. The van der Waals surface area contributed by atoms with Gasteiger partial charge in [-0.25, -0.2) is 0 Å². The van der Waals surface area contributed by atoms with Crippen LogP contribution in [0.3, 0.4) is 0 Å². The summed E-state index contributed by atoms with van der Waals surface area (Å²) in [5.74, 6) is 0.883. The van der Waals surface area contributed by atoms with Crippen LogP contribution >= 0.6 is 0 Å². The van der Waals surface area contributed by atoms with Gasteiger partial charge in [0.1, 0.15) is 13.2 Å². The Balaban J connectivity index is 1.58. The van der Waals surface area contributed by atoms with Crippen LogP contribution in [0, 0.1) is 0 Å². The van der Waals surface area contributed by atoms with Crippen LogP contribution < -0.4 is 0 Å². The first-order valence-corrected chi connectivity index (χ1v) is 10.1. The number of likely N-dealkylation sites (tertiary alicyclic amines) is 1. The standard InChI is InChI=1S/C23H25N5O3/c1-27(2)15-21-24-22(26-31-21)20-13-19(25-30-3)14-28(20)23(29)18-11-9-17(10-12-18)16-7-5-4-6-8-16/h4-12,20H,13-15H2,1-3H3/b25-19-. The molecule has 1 unspecified atom stereocenters. The Hall–Kier alpha value is -3.52. The second-order valence-corrected chi connectivity index (χ2v) is 7.72. The van der Waals surface area contributed by atoms with E-state index in [4.69, 9.17) is 9.36 Å². The van der Waals surface area contributed by atoms with Crippen LogP contribution in [0.2, 0.25) is 0 Å². The molecule has 31 heavy (non-hydrogen) atoms. The Morgan fingerprint density at radius 2 is 1.87 bits per heavy atom. The Morgan fingerprint density at radius 1 is 1.16 bits per heavy atom. The summed E-state index contributed by atoms with van der Waals surface area (Å²) >= 11 is 0. The third kappa shape index (κ3) is 4.64. The van der Waals surface area contributed by atoms with Crippen LogP contribution in [0.4, 0.5) is 0 Å². The molecule has 1 aromatic heterocycles. The van der Waals surface area contributed by atoms with E-state index in [2.05, 4.69) is 15.3 Å². The quantitative estimate of drug-likeness (QED) is 0.570. The topological polar surface area (TPSA) is 84.1 Å². The molecule has 1 amide bonds. The van der Waals surface area contributed by atoms with Gasteiger partial charge in [0.05, 0.1) is 18.8 Å². The zero-order chi connectivity index (χ0) is 21.8. The number of carbonyl (C=O) groups is 1. The van der Waals surface area contributed by atoms with Gasteiger partial charge in [0, 0.05) is 12.0 Å². The third-order valence-corrected chi connectivity index (χ3v) is 5.11. The zero-order valence-corrected chi connectivity index (χ0v) is 17.9. The Labute approximate surface area is 181 Å². The van der Waals surface area contributed by atoms with Crippen molar-refractivity contribution in [3.63, 3.8) is 0 Å². The molecule has 1 aliphatic heterocycles. The van der Waals surface area contributed by atoms with Gasteiger partial charge in [0.2, 0.25) is 5.89 Å². The summed E-state index contributed by atoms with van der Waals surface area (Å²) in [7, 11) is 5.35. The van der Waals surface area contributed by atoms with Gasteiger partial charge in [0.25, 0.3) is 5.91 Å². The van der Waals surface area contributed by atoms with Crippen LogP contribution in [-0.2, 0) is 11.4 Å². The molecular weight excluding hydrogens is 394 g/mol. The molecule has 0 bridgehead atoms. The van der Waals surface area contributed by atoms with E-state index in [9.17, 15) is 4.79 Å². The van der Waals surface area contributed by atoms with Crippen molar-refractivity contribution in [3.05, 3.63) is 71.9 Å². The summed E-state index contributed by atoms with van der Waals surface area (Å²) in [6.07, 6.45) is 0.503. The molecule has 3 aromatic rings. The molecule has 8 nitrogen and oxygen atoms in total. The van der Waals surface area contributed by atoms with Crippen molar-refractivity contribution in [1.82, 2.24) is 19.9 Å². The first kappa shape index (κ1) is 20.7. The highest BCUT2D eigenvalue weighted by molar-refractivity contribution is 6.00. The number of benzene rings is 2. The predicted molar refractivity (Wildman–Crippen MR) is 116 cm³/mol. The largest absolute Gasteiger partial charge is 0.399 e. The summed E-state index contributed by atoms with van der Waals surface area (Å²) in [6.45, 7) is 0.892. The summed E-state index contributed by atoms with van der Waals surface area (Å²) in [5, 5.41) is 8.19. The average Bonchev–Trinajstić information content (AvgIpc) is 3.41. The highest BCUT2D eigenvalue weighted by Crippen LogP contribution is 2.31. The second-order valence-electron chi connectivity index (χ2n) is 7.72.